The second-order valence-electron chi connectivity index (χ2n) is 5.86. The summed E-state index contributed by atoms with van der Waals surface area (Å²) >= 11 is 0. The van der Waals surface area contributed by atoms with Gasteiger partial charge in [0, 0.05) is 19.5 Å². The lowest BCUT2D eigenvalue weighted by atomic mass is 10.0. The molecule has 0 spiro atoms. The number of fused-ring (bicyclic) bond motifs is 1. The molecule has 122 valence electrons. The van der Waals surface area contributed by atoms with E-state index < -0.39 is 10.0 Å². The van der Waals surface area contributed by atoms with E-state index in [0.717, 1.165) is 31.5 Å². The van der Waals surface area contributed by atoms with Gasteiger partial charge in [-0.15, -0.1) is 0 Å². The van der Waals surface area contributed by atoms with Crippen LogP contribution < -0.4 is 10.9 Å². The molecule has 2 aliphatic rings. The Morgan fingerprint density at radius 2 is 2.18 bits per heavy atom. The first-order valence-corrected chi connectivity index (χ1v) is 9.45. The molecule has 1 saturated heterocycles. The number of aromatic nitrogens is 2. The molecule has 0 aliphatic carbocycles. The van der Waals surface area contributed by atoms with E-state index in [2.05, 4.69) is 15.3 Å². The van der Waals surface area contributed by atoms with Crippen molar-refractivity contribution in [2.45, 2.75) is 45.2 Å². The normalized spacial score (nSPS) is 23.2. The van der Waals surface area contributed by atoms with Crippen molar-refractivity contribution in [3.63, 3.8) is 0 Å². The Bertz CT molecular complexity index is 707. The number of aromatic amines is 1. The number of rotatable bonds is 3. The highest BCUT2D eigenvalue weighted by molar-refractivity contribution is 7.89. The van der Waals surface area contributed by atoms with Crippen molar-refractivity contribution in [2.75, 3.05) is 18.8 Å². The van der Waals surface area contributed by atoms with Crippen LogP contribution in [-0.4, -0.2) is 41.5 Å². The van der Waals surface area contributed by atoms with Gasteiger partial charge in [-0.25, -0.2) is 13.4 Å². The Morgan fingerprint density at radius 1 is 1.36 bits per heavy atom. The lowest BCUT2D eigenvalue weighted by molar-refractivity contribution is 0.374. The molecule has 0 saturated carbocycles. The highest BCUT2D eigenvalue weighted by Gasteiger charge is 2.29. The first-order valence-electron chi connectivity index (χ1n) is 7.84. The molecule has 2 N–H and O–H groups in total. The summed E-state index contributed by atoms with van der Waals surface area (Å²) in [6.45, 7) is 3.09. The van der Waals surface area contributed by atoms with Crippen molar-refractivity contribution < 1.29 is 8.42 Å². The summed E-state index contributed by atoms with van der Waals surface area (Å²) in [5.41, 5.74) is 1.03. The van der Waals surface area contributed by atoms with Crippen LogP contribution in [-0.2, 0) is 23.0 Å². The van der Waals surface area contributed by atoms with E-state index in [-0.39, 0.29) is 23.9 Å². The molecule has 0 amide bonds. The monoisotopic (exact) mass is 326 g/mol. The molecule has 22 heavy (non-hydrogen) atoms. The molecule has 1 fully saturated rings. The van der Waals surface area contributed by atoms with E-state index in [4.69, 9.17) is 0 Å². The van der Waals surface area contributed by atoms with Gasteiger partial charge < -0.3 is 10.3 Å². The molecule has 1 aromatic rings. The summed E-state index contributed by atoms with van der Waals surface area (Å²) in [5.74, 6) is 0.743. The summed E-state index contributed by atoms with van der Waals surface area (Å²) < 4.78 is 25.3. The molecule has 8 heteroatoms. The van der Waals surface area contributed by atoms with Crippen molar-refractivity contribution in [3.8, 4) is 0 Å². The van der Waals surface area contributed by atoms with Crippen LogP contribution >= 0.6 is 0 Å². The Kier molecular flexibility index (Phi) is 4.33. The van der Waals surface area contributed by atoms with Gasteiger partial charge >= 0.3 is 0 Å². The van der Waals surface area contributed by atoms with Gasteiger partial charge in [-0.05, 0) is 26.3 Å². The number of sulfonamides is 1. The molecule has 0 radical (unpaired) electrons. The SMILES string of the molecule is CCS(=O)(=O)N1CCc2nc([C@H]3CCCCN3)[nH]c(=O)c2C1. The Balaban J connectivity index is 1.89. The molecule has 3 rings (SSSR count). The van der Waals surface area contributed by atoms with Gasteiger partial charge in [0.1, 0.15) is 5.82 Å². The van der Waals surface area contributed by atoms with E-state index in [1.807, 2.05) is 0 Å². The quantitative estimate of drug-likeness (QED) is 0.832. The zero-order valence-electron chi connectivity index (χ0n) is 12.8. The minimum absolute atomic E-state index is 0.0533. The van der Waals surface area contributed by atoms with Crippen LogP contribution in [0.5, 0.6) is 0 Å². The summed E-state index contributed by atoms with van der Waals surface area (Å²) in [6.07, 6.45) is 3.74. The average Bonchev–Trinajstić information content (AvgIpc) is 2.55. The minimum Gasteiger partial charge on any atom is -0.309 e. The smallest absolute Gasteiger partial charge is 0.255 e. The summed E-state index contributed by atoms with van der Waals surface area (Å²) in [5, 5.41) is 3.37. The third-order valence-electron chi connectivity index (χ3n) is 4.45. The molecule has 0 bridgehead atoms. The maximum atomic E-state index is 12.3. The molecule has 1 atom stereocenters. The van der Waals surface area contributed by atoms with Gasteiger partial charge in [0.2, 0.25) is 10.0 Å². The highest BCUT2D eigenvalue weighted by atomic mass is 32.2. The van der Waals surface area contributed by atoms with Gasteiger partial charge in [-0.1, -0.05) is 6.42 Å². The van der Waals surface area contributed by atoms with Crippen molar-refractivity contribution in [2.24, 2.45) is 0 Å². The lowest BCUT2D eigenvalue weighted by Crippen LogP contribution is -2.41. The highest BCUT2D eigenvalue weighted by Crippen LogP contribution is 2.22. The van der Waals surface area contributed by atoms with Crippen LogP contribution in [0.15, 0.2) is 4.79 Å². The standard InChI is InChI=1S/C14H22N4O3S/c1-2-22(20,21)18-8-6-11-10(9-18)14(19)17-13(16-11)12-5-3-4-7-15-12/h12,15H,2-9H2,1H3,(H,16,17,19)/t12-/m1/s1. The zero-order valence-corrected chi connectivity index (χ0v) is 13.6. The van der Waals surface area contributed by atoms with Gasteiger partial charge in [0.25, 0.3) is 5.56 Å². The third-order valence-corrected chi connectivity index (χ3v) is 6.28. The Hall–Kier alpha value is -1.25. The third kappa shape index (κ3) is 2.95. The number of hydrogen-bond donors (Lipinski definition) is 2. The molecular formula is C14H22N4O3S. The summed E-state index contributed by atoms with van der Waals surface area (Å²) in [6, 6.07) is 0.101. The van der Waals surface area contributed by atoms with Crippen molar-refractivity contribution >= 4 is 10.0 Å². The van der Waals surface area contributed by atoms with Gasteiger partial charge in [-0.3, -0.25) is 4.79 Å². The topological polar surface area (TPSA) is 95.2 Å². The van der Waals surface area contributed by atoms with E-state index in [0.29, 0.717) is 24.4 Å². The van der Waals surface area contributed by atoms with E-state index in [1.165, 1.54) is 4.31 Å². The predicted molar refractivity (Wildman–Crippen MR) is 83.0 cm³/mol. The number of nitrogens with zero attached hydrogens (tertiary/aromatic N) is 2. The summed E-state index contributed by atoms with van der Waals surface area (Å²) in [4.78, 5) is 19.8. The number of nitrogens with one attached hydrogen (secondary N) is 2. The Labute approximate surface area is 130 Å². The minimum atomic E-state index is -3.27. The van der Waals surface area contributed by atoms with Crippen LogP contribution in [0.4, 0.5) is 0 Å². The molecule has 0 unspecified atom stereocenters. The largest absolute Gasteiger partial charge is 0.309 e. The van der Waals surface area contributed by atoms with Crippen LogP contribution in [0.2, 0.25) is 0 Å². The van der Waals surface area contributed by atoms with Gasteiger partial charge in [-0.2, -0.15) is 4.31 Å². The second-order valence-corrected chi connectivity index (χ2v) is 8.12. The van der Waals surface area contributed by atoms with E-state index in [1.54, 1.807) is 6.92 Å². The van der Waals surface area contributed by atoms with Crippen LogP contribution in [0.3, 0.4) is 0 Å². The van der Waals surface area contributed by atoms with Crippen LogP contribution in [0.1, 0.15) is 49.3 Å². The molecule has 3 heterocycles. The lowest BCUT2D eigenvalue weighted by Gasteiger charge is -2.28. The van der Waals surface area contributed by atoms with E-state index >= 15 is 0 Å². The Morgan fingerprint density at radius 3 is 2.86 bits per heavy atom. The van der Waals surface area contributed by atoms with Crippen molar-refractivity contribution in [1.82, 2.24) is 19.6 Å². The maximum Gasteiger partial charge on any atom is 0.255 e. The molecule has 7 nitrogen and oxygen atoms in total. The van der Waals surface area contributed by atoms with Gasteiger partial charge in [0.15, 0.2) is 0 Å². The molecule has 0 aromatic carbocycles. The van der Waals surface area contributed by atoms with Crippen LogP contribution in [0.25, 0.3) is 0 Å². The predicted octanol–water partition coefficient (Wildman–Crippen LogP) is 0.292. The van der Waals surface area contributed by atoms with E-state index in [9.17, 15) is 13.2 Å². The zero-order chi connectivity index (χ0) is 15.7. The fourth-order valence-corrected chi connectivity index (χ4v) is 4.15. The van der Waals surface area contributed by atoms with Gasteiger partial charge in [0.05, 0.1) is 23.1 Å². The average molecular weight is 326 g/mol. The van der Waals surface area contributed by atoms with Crippen LogP contribution in [0, 0.1) is 0 Å². The molecule has 1 aromatic heterocycles. The summed E-state index contributed by atoms with van der Waals surface area (Å²) in [7, 11) is -3.27. The number of piperidine rings is 1. The first-order chi connectivity index (χ1) is 10.5. The second kappa shape index (κ2) is 6.10. The molecule has 2 aliphatic heterocycles. The first kappa shape index (κ1) is 15.6. The van der Waals surface area contributed by atoms with Crippen molar-refractivity contribution in [1.29, 1.82) is 0 Å². The maximum absolute atomic E-state index is 12.3. The number of H-pyrrole nitrogens is 1. The fourth-order valence-electron chi connectivity index (χ4n) is 3.09. The fraction of sp³-hybridized carbons (Fsp3) is 0.714. The molecular weight excluding hydrogens is 304 g/mol. The van der Waals surface area contributed by atoms with Crippen molar-refractivity contribution in [3.05, 3.63) is 27.4 Å². The number of hydrogen-bond acceptors (Lipinski definition) is 5.